The van der Waals surface area contributed by atoms with Crippen LogP contribution in [0.25, 0.3) is 0 Å². The molecular weight excluding hydrogens is 124 g/mol. The molecule has 0 aliphatic rings. The Kier molecular flexibility index (Phi) is 4.14. The van der Waals surface area contributed by atoms with Crippen molar-refractivity contribution in [2.75, 3.05) is 6.61 Å². The molecule has 0 N–H and O–H groups in total. The van der Waals surface area contributed by atoms with Crippen LogP contribution in [0.2, 0.25) is 0 Å². The Morgan fingerprint density at radius 2 is 2.10 bits per heavy atom. The van der Waals surface area contributed by atoms with E-state index in [2.05, 4.69) is 19.8 Å². The van der Waals surface area contributed by atoms with E-state index in [0.717, 1.165) is 19.4 Å². The quantitative estimate of drug-likeness (QED) is 0.544. The fourth-order valence-electron chi connectivity index (χ4n) is 0.836. The summed E-state index contributed by atoms with van der Waals surface area (Å²) in [7, 11) is 0. The highest BCUT2D eigenvalue weighted by atomic mass is 16.5. The maximum Gasteiger partial charge on any atom is 0.0635 e. The van der Waals surface area contributed by atoms with Gasteiger partial charge in [-0.25, -0.2) is 0 Å². The summed E-state index contributed by atoms with van der Waals surface area (Å²) in [5.41, 5.74) is -0.0406. The van der Waals surface area contributed by atoms with Gasteiger partial charge in [0.1, 0.15) is 0 Å². The topological polar surface area (TPSA) is 9.23 Å². The smallest absolute Gasteiger partial charge is 0.0635 e. The molecule has 0 radical (unpaired) electrons. The third-order valence-corrected chi connectivity index (χ3v) is 1.41. The number of hydrogen-bond donors (Lipinski definition) is 0. The van der Waals surface area contributed by atoms with Gasteiger partial charge in [-0.3, -0.25) is 0 Å². The predicted molar refractivity (Wildman–Crippen MR) is 43.8 cm³/mol. The molecule has 0 saturated heterocycles. The van der Waals surface area contributed by atoms with Crippen LogP contribution in [0.3, 0.4) is 0 Å². The van der Waals surface area contributed by atoms with Crippen molar-refractivity contribution in [3.05, 3.63) is 0 Å². The van der Waals surface area contributed by atoms with Gasteiger partial charge in [0.2, 0.25) is 0 Å². The third kappa shape index (κ3) is 4.40. The Morgan fingerprint density at radius 3 is 2.50 bits per heavy atom. The molecule has 0 aliphatic carbocycles. The van der Waals surface area contributed by atoms with Crippen molar-refractivity contribution in [1.29, 1.82) is 0 Å². The molecule has 0 rings (SSSR count). The van der Waals surface area contributed by atoms with Crippen LogP contribution in [-0.2, 0) is 4.74 Å². The highest BCUT2D eigenvalue weighted by Crippen LogP contribution is 2.15. The first-order valence-electron chi connectivity index (χ1n) is 3.70. The van der Waals surface area contributed by atoms with Crippen molar-refractivity contribution < 1.29 is 4.74 Å². The van der Waals surface area contributed by atoms with Gasteiger partial charge in [0.25, 0.3) is 0 Å². The number of terminal acetylenes is 1. The summed E-state index contributed by atoms with van der Waals surface area (Å²) in [5.74, 6) is 2.60. The highest BCUT2D eigenvalue weighted by Gasteiger charge is 2.15. The summed E-state index contributed by atoms with van der Waals surface area (Å²) in [5, 5.41) is 0. The molecule has 0 saturated carbocycles. The van der Waals surface area contributed by atoms with E-state index >= 15 is 0 Å². The molecule has 0 heterocycles. The minimum absolute atomic E-state index is 0.0406. The lowest BCUT2D eigenvalue weighted by Crippen LogP contribution is -2.23. The molecule has 0 aromatic heterocycles. The van der Waals surface area contributed by atoms with Gasteiger partial charge in [-0.1, -0.05) is 0 Å². The van der Waals surface area contributed by atoms with Crippen molar-refractivity contribution in [3.8, 4) is 12.3 Å². The van der Waals surface area contributed by atoms with Crippen molar-refractivity contribution in [3.63, 3.8) is 0 Å². The Labute approximate surface area is 63.8 Å². The molecular formula is C9H16O. The molecule has 0 aromatic carbocycles. The first kappa shape index (κ1) is 9.52. The molecule has 0 bridgehead atoms. The van der Waals surface area contributed by atoms with Crippen molar-refractivity contribution in [2.45, 2.75) is 39.2 Å². The SMILES string of the molecule is C#CCCC(C)(C)OCC. The lowest BCUT2D eigenvalue weighted by atomic mass is 10.0. The zero-order valence-corrected chi connectivity index (χ0v) is 7.11. The fraction of sp³-hybridized carbons (Fsp3) is 0.778. The second-order valence-corrected chi connectivity index (χ2v) is 2.90. The molecule has 0 amide bonds. The number of rotatable bonds is 4. The number of hydrogen-bond acceptors (Lipinski definition) is 1. The maximum absolute atomic E-state index is 5.44. The molecule has 1 nitrogen and oxygen atoms in total. The van der Waals surface area contributed by atoms with Gasteiger partial charge in [-0.05, 0) is 27.2 Å². The van der Waals surface area contributed by atoms with Crippen molar-refractivity contribution in [1.82, 2.24) is 0 Å². The van der Waals surface area contributed by atoms with Gasteiger partial charge >= 0.3 is 0 Å². The molecule has 58 valence electrons. The van der Waals surface area contributed by atoms with Crippen LogP contribution in [0.4, 0.5) is 0 Å². The van der Waals surface area contributed by atoms with Crippen molar-refractivity contribution in [2.24, 2.45) is 0 Å². The minimum Gasteiger partial charge on any atom is -0.376 e. The van der Waals surface area contributed by atoms with E-state index < -0.39 is 0 Å². The number of ether oxygens (including phenoxy) is 1. The van der Waals surface area contributed by atoms with Crippen LogP contribution in [-0.4, -0.2) is 12.2 Å². The van der Waals surface area contributed by atoms with E-state index in [1.165, 1.54) is 0 Å². The van der Waals surface area contributed by atoms with Crippen molar-refractivity contribution >= 4 is 0 Å². The van der Waals surface area contributed by atoms with Crippen LogP contribution in [0.15, 0.2) is 0 Å². The Balaban J connectivity index is 3.54. The predicted octanol–water partition coefficient (Wildman–Crippen LogP) is 2.21. The molecule has 0 atom stereocenters. The van der Waals surface area contributed by atoms with E-state index in [9.17, 15) is 0 Å². The van der Waals surface area contributed by atoms with Crippen LogP contribution in [0, 0.1) is 12.3 Å². The zero-order chi connectivity index (χ0) is 8.04. The maximum atomic E-state index is 5.44. The standard InChI is InChI=1S/C9H16O/c1-5-7-8-9(3,4)10-6-2/h1H,6-8H2,2-4H3. The van der Waals surface area contributed by atoms with Gasteiger partial charge in [-0.15, -0.1) is 12.3 Å². The minimum atomic E-state index is -0.0406. The lowest BCUT2D eigenvalue weighted by molar-refractivity contribution is -0.0149. The van der Waals surface area contributed by atoms with Gasteiger partial charge in [0.15, 0.2) is 0 Å². The van der Waals surface area contributed by atoms with Gasteiger partial charge in [0.05, 0.1) is 5.60 Å². The Hall–Kier alpha value is -0.480. The van der Waals surface area contributed by atoms with Crippen LogP contribution < -0.4 is 0 Å². The Bertz CT molecular complexity index is 119. The van der Waals surface area contributed by atoms with Crippen LogP contribution >= 0.6 is 0 Å². The first-order valence-corrected chi connectivity index (χ1v) is 3.70. The Morgan fingerprint density at radius 1 is 1.50 bits per heavy atom. The molecule has 0 unspecified atom stereocenters. The van der Waals surface area contributed by atoms with E-state index in [0.29, 0.717) is 0 Å². The largest absolute Gasteiger partial charge is 0.376 e. The monoisotopic (exact) mass is 140 g/mol. The summed E-state index contributed by atoms with van der Waals surface area (Å²) in [4.78, 5) is 0. The van der Waals surface area contributed by atoms with E-state index in [-0.39, 0.29) is 5.60 Å². The van der Waals surface area contributed by atoms with E-state index in [1.54, 1.807) is 0 Å². The molecule has 0 aliphatic heterocycles. The van der Waals surface area contributed by atoms with Gasteiger partial charge < -0.3 is 4.74 Å². The summed E-state index contributed by atoms with van der Waals surface area (Å²) < 4.78 is 5.44. The second-order valence-electron chi connectivity index (χ2n) is 2.90. The molecule has 0 fully saturated rings. The van der Waals surface area contributed by atoms with Crippen LogP contribution in [0.5, 0.6) is 0 Å². The third-order valence-electron chi connectivity index (χ3n) is 1.41. The van der Waals surface area contributed by atoms with Gasteiger partial charge in [-0.2, -0.15) is 0 Å². The van der Waals surface area contributed by atoms with E-state index in [4.69, 9.17) is 11.2 Å². The zero-order valence-electron chi connectivity index (χ0n) is 7.11. The molecule has 0 spiro atoms. The average molecular weight is 140 g/mol. The summed E-state index contributed by atoms with van der Waals surface area (Å²) in [6.45, 7) is 6.89. The fourth-order valence-corrected chi connectivity index (χ4v) is 0.836. The molecule has 1 heteroatoms. The summed E-state index contributed by atoms with van der Waals surface area (Å²) in [6, 6.07) is 0. The molecule has 0 aromatic rings. The first-order chi connectivity index (χ1) is 4.62. The normalized spacial score (nSPS) is 11.0. The summed E-state index contributed by atoms with van der Waals surface area (Å²) >= 11 is 0. The van der Waals surface area contributed by atoms with E-state index in [1.807, 2.05) is 6.92 Å². The highest BCUT2D eigenvalue weighted by molar-refractivity contribution is 4.86. The van der Waals surface area contributed by atoms with Gasteiger partial charge in [0, 0.05) is 13.0 Å². The average Bonchev–Trinajstić information content (AvgIpc) is 1.84. The second kappa shape index (κ2) is 4.35. The van der Waals surface area contributed by atoms with Crippen LogP contribution in [0.1, 0.15) is 33.6 Å². The lowest BCUT2D eigenvalue weighted by Gasteiger charge is -2.23. The summed E-state index contributed by atoms with van der Waals surface area (Å²) in [6.07, 6.45) is 6.87. The molecule has 10 heavy (non-hydrogen) atoms.